The standard InChI is InChI=1S/C42H24N4OS/c1-3-10-25(11-4-1)29-18-19-32(37-34-22-27-20-21-43-24-28(27)23-35(34)47-38(29)37)41-44-40(26-12-5-2-6-13-26)45-42(46-41)33-16-9-15-31-30-14-7-8-17-36(30)48-39(31)33/h1-24H. The lowest BCUT2D eigenvalue weighted by Crippen LogP contribution is -2.00. The molecule has 10 aromatic rings. The Bertz CT molecular complexity index is 2840. The van der Waals surface area contributed by atoms with Crippen molar-refractivity contribution in [1.29, 1.82) is 0 Å². The minimum absolute atomic E-state index is 0.596. The largest absolute Gasteiger partial charge is 0.455 e. The summed E-state index contributed by atoms with van der Waals surface area (Å²) in [5, 5.41) is 6.54. The molecule has 0 unspecified atom stereocenters. The third kappa shape index (κ3) is 4.24. The molecule has 0 saturated heterocycles. The first kappa shape index (κ1) is 26.9. The maximum atomic E-state index is 6.73. The van der Waals surface area contributed by atoms with Gasteiger partial charge in [-0.1, -0.05) is 91.0 Å². The molecule has 5 nitrogen and oxygen atoms in total. The molecule has 6 aromatic carbocycles. The van der Waals surface area contributed by atoms with Crippen molar-refractivity contribution in [3.05, 3.63) is 146 Å². The van der Waals surface area contributed by atoms with Crippen molar-refractivity contribution in [3.8, 4) is 45.3 Å². The van der Waals surface area contributed by atoms with Crippen molar-refractivity contribution < 1.29 is 4.42 Å². The maximum absolute atomic E-state index is 6.73. The van der Waals surface area contributed by atoms with Gasteiger partial charge in [-0.25, -0.2) is 15.0 Å². The van der Waals surface area contributed by atoms with Crippen molar-refractivity contribution in [3.63, 3.8) is 0 Å². The summed E-state index contributed by atoms with van der Waals surface area (Å²) < 4.78 is 9.13. The monoisotopic (exact) mass is 632 g/mol. The first-order chi connectivity index (χ1) is 23.8. The number of pyridine rings is 1. The van der Waals surface area contributed by atoms with E-state index in [-0.39, 0.29) is 0 Å². The van der Waals surface area contributed by atoms with Crippen molar-refractivity contribution in [2.45, 2.75) is 0 Å². The summed E-state index contributed by atoms with van der Waals surface area (Å²) in [6.07, 6.45) is 3.70. The van der Waals surface area contributed by atoms with E-state index in [9.17, 15) is 0 Å². The molecule has 4 aromatic heterocycles. The predicted octanol–water partition coefficient (Wildman–Crippen LogP) is 11.4. The van der Waals surface area contributed by atoms with Crippen LogP contribution in [0.3, 0.4) is 0 Å². The number of rotatable bonds is 4. The zero-order valence-electron chi connectivity index (χ0n) is 25.5. The van der Waals surface area contributed by atoms with E-state index in [1.165, 1.54) is 15.5 Å². The summed E-state index contributed by atoms with van der Waals surface area (Å²) in [6, 6.07) is 46.0. The first-order valence-corrected chi connectivity index (χ1v) is 16.6. The minimum Gasteiger partial charge on any atom is -0.455 e. The average Bonchev–Trinajstić information content (AvgIpc) is 3.72. The Balaban J connectivity index is 1.29. The summed E-state index contributed by atoms with van der Waals surface area (Å²) in [5.41, 5.74) is 6.49. The molecule has 0 aliphatic rings. The van der Waals surface area contributed by atoms with E-state index in [1.54, 1.807) is 11.3 Å². The van der Waals surface area contributed by atoms with Crippen LogP contribution >= 0.6 is 11.3 Å². The van der Waals surface area contributed by atoms with Crippen molar-refractivity contribution in [2.75, 3.05) is 0 Å². The topological polar surface area (TPSA) is 64.7 Å². The number of thiophene rings is 1. The summed E-state index contributed by atoms with van der Waals surface area (Å²) in [4.78, 5) is 19.9. The normalized spacial score (nSPS) is 11.8. The number of hydrogen-bond acceptors (Lipinski definition) is 6. The van der Waals surface area contributed by atoms with Gasteiger partial charge in [-0.3, -0.25) is 4.98 Å². The fraction of sp³-hybridized carbons (Fsp3) is 0. The second kappa shape index (κ2) is 10.7. The van der Waals surface area contributed by atoms with Gasteiger partial charge in [0.1, 0.15) is 11.2 Å². The van der Waals surface area contributed by atoms with Crippen LogP contribution in [0.1, 0.15) is 0 Å². The van der Waals surface area contributed by atoms with Gasteiger partial charge in [0, 0.05) is 71.0 Å². The van der Waals surface area contributed by atoms with Crippen LogP contribution in [0, 0.1) is 0 Å². The van der Waals surface area contributed by atoms with Crippen LogP contribution in [-0.4, -0.2) is 19.9 Å². The molecular weight excluding hydrogens is 609 g/mol. The molecule has 0 radical (unpaired) electrons. The van der Waals surface area contributed by atoms with Crippen LogP contribution in [0.5, 0.6) is 0 Å². The van der Waals surface area contributed by atoms with E-state index >= 15 is 0 Å². The molecule has 0 bridgehead atoms. The highest BCUT2D eigenvalue weighted by Gasteiger charge is 2.22. The average molecular weight is 633 g/mol. The number of furan rings is 1. The lowest BCUT2D eigenvalue weighted by atomic mass is 9.97. The van der Waals surface area contributed by atoms with Gasteiger partial charge in [0.05, 0.1) is 0 Å². The molecule has 0 atom stereocenters. The zero-order valence-corrected chi connectivity index (χ0v) is 26.3. The van der Waals surface area contributed by atoms with Gasteiger partial charge < -0.3 is 4.42 Å². The molecule has 0 aliphatic carbocycles. The van der Waals surface area contributed by atoms with Gasteiger partial charge >= 0.3 is 0 Å². The van der Waals surface area contributed by atoms with E-state index in [0.29, 0.717) is 17.5 Å². The van der Waals surface area contributed by atoms with Gasteiger partial charge in [0.25, 0.3) is 0 Å². The van der Waals surface area contributed by atoms with E-state index in [2.05, 4.69) is 96.0 Å². The van der Waals surface area contributed by atoms with E-state index in [4.69, 9.17) is 19.4 Å². The van der Waals surface area contributed by atoms with Gasteiger partial charge in [0.15, 0.2) is 17.5 Å². The Hall–Kier alpha value is -6.24. The molecule has 224 valence electrons. The Morgan fingerprint density at radius 1 is 0.500 bits per heavy atom. The highest BCUT2D eigenvalue weighted by molar-refractivity contribution is 7.26. The fourth-order valence-corrected chi connectivity index (χ4v) is 7.96. The van der Waals surface area contributed by atoms with Crippen LogP contribution in [0.25, 0.3) is 98.2 Å². The SMILES string of the molecule is c1ccc(-c2nc(-c3cccc4c3sc3ccccc34)nc(-c3ccc(-c4ccccc4)c4oc5cc6cnccc6cc5c34)n2)cc1. The van der Waals surface area contributed by atoms with Gasteiger partial charge in [-0.15, -0.1) is 11.3 Å². The first-order valence-electron chi connectivity index (χ1n) is 15.8. The number of fused-ring (bicyclic) bond motifs is 7. The Morgan fingerprint density at radius 2 is 1.21 bits per heavy atom. The van der Waals surface area contributed by atoms with Crippen LogP contribution in [-0.2, 0) is 0 Å². The van der Waals surface area contributed by atoms with Crippen molar-refractivity contribution in [2.24, 2.45) is 0 Å². The molecular formula is C42H24N4OS. The van der Waals surface area contributed by atoms with E-state index in [0.717, 1.165) is 65.2 Å². The summed E-state index contributed by atoms with van der Waals surface area (Å²) >= 11 is 1.77. The quantitative estimate of drug-likeness (QED) is 0.193. The maximum Gasteiger partial charge on any atom is 0.165 e. The minimum atomic E-state index is 0.596. The number of hydrogen-bond donors (Lipinski definition) is 0. The Morgan fingerprint density at radius 3 is 2.06 bits per heavy atom. The Kier molecular flexibility index (Phi) is 5.98. The lowest BCUT2D eigenvalue weighted by Gasteiger charge is -2.11. The van der Waals surface area contributed by atoms with Crippen molar-refractivity contribution in [1.82, 2.24) is 19.9 Å². The van der Waals surface area contributed by atoms with Crippen LogP contribution in [0.2, 0.25) is 0 Å². The Labute approximate surface area is 278 Å². The third-order valence-electron chi connectivity index (χ3n) is 9.02. The number of benzene rings is 6. The van der Waals surface area contributed by atoms with Crippen LogP contribution in [0.15, 0.2) is 150 Å². The molecule has 10 rings (SSSR count). The second-order valence-electron chi connectivity index (χ2n) is 11.9. The van der Waals surface area contributed by atoms with E-state index in [1.807, 2.05) is 54.9 Å². The molecule has 0 N–H and O–H groups in total. The predicted molar refractivity (Wildman–Crippen MR) is 197 cm³/mol. The fourth-order valence-electron chi connectivity index (χ4n) is 6.75. The second-order valence-corrected chi connectivity index (χ2v) is 12.9. The molecule has 4 heterocycles. The molecule has 0 fully saturated rings. The number of aromatic nitrogens is 4. The van der Waals surface area contributed by atoms with E-state index < -0.39 is 0 Å². The molecule has 0 aliphatic heterocycles. The van der Waals surface area contributed by atoms with Crippen LogP contribution in [0.4, 0.5) is 0 Å². The summed E-state index contributed by atoms with van der Waals surface area (Å²) in [5.74, 6) is 1.86. The third-order valence-corrected chi connectivity index (χ3v) is 10.2. The smallest absolute Gasteiger partial charge is 0.165 e. The highest BCUT2D eigenvalue weighted by atomic mass is 32.1. The lowest BCUT2D eigenvalue weighted by molar-refractivity contribution is 0.670. The highest BCUT2D eigenvalue weighted by Crippen LogP contribution is 2.44. The molecule has 0 amide bonds. The summed E-state index contributed by atoms with van der Waals surface area (Å²) in [6.45, 7) is 0. The molecule has 0 spiro atoms. The number of nitrogens with zero attached hydrogens (tertiary/aromatic N) is 4. The zero-order chi connectivity index (χ0) is 31.6. The summed E-state index contributed by atoms with van der Waals surface area (Å²) in [7, 11) is 0. The van der Waals surface area contributed by atoms with Crippen molar-refractivity contribution >= 4 is 64.2 Å². The van der Waals surface area contributed by atoms with Gasteiger partial charge in [-0.2, -0.15) is 0 Å². The molecule has 48 heavy (non-hydrogen) atoms. The van der Waals surface area contributed by atoms with Gasteiger partial charge in [-0.05, 0) is 53.4 Å². The van der Waals surface area contributed by atoms with Gasteiger partial charge in [0.2, 0.25) is 0 Å². The van der Waals surface area contributed by atoms with Crippen LogP contribution < -0.4 is 0 Å². The molecule has 6 heteroatoms. The molecule has 0 saturated carbocycles.